The van der Waals surface area contributed by atoms with Gasteiger partial charge in [0.05, 0.1) is 10.6 Å². The van der Waals surface area contributed by atoms with Gasteiger partial charge in [-0.05, 0) is 37.8 Å². The molecule has 0 unspecified atom stereocenters. The first-order chi connectivity index (χ1) is 13.7. The van der Waals surface area contributed by atoms with Gasteiger partial charge in [-0.15, -0.1) is 21.5 Å². The molecule has 0 atom stereocenters. The van der Waals surface area contributed by atoms with Crippen molar-refractivity contribution in [2.45, 2.75) is 44.6 Å². The minimum absolute atomic E-state index is 0.693. The van der Waals surface area contributed by atoms with E-state index in [1.165, 1.54) is 5.56 Å². The molecule has 0 aliphatic heterocycles. The Morgan fingerprint density at radius 3 is 2.79 bits per heavy atom. The highest BCUT2D eigenvalue weighted by Crippen LogP contribution is 2.30. The van der Waals surface area contributed by atoms with Crippen LogP contribution in [0.4, 0.5) is 0 Å². The molecule has 0 saturated heterocycles. The van der Waals surface area contributed by atoms with E-state index in [-0.39, 0.29) is 0 Å². The van der Waals surface area contributed by atoms with Gasteiger partial charge in [0.15, 0.2) is 11.0 Å². The van der Waals surface area contributed by atoms with Crippen LogP contribution >= 0.6 is 23.1 Å². The largest absolute Gasteiger partial charge is 0.440 e. The van der Waals surface area contributed by atoms with Crippen molar-refractivity contribution in [3.05, 3.63) is 58.8 Å². The van der Waals surface area contributed by atoms with Crippen LogP contribution in [-0.4, -0.2) is 19.7 Å². The zero-order valence-electron chi connectivity index (χ0n) is 16.2. The number of hydrogen-bond acceptors (Lipinski definition) is 6. The molecule has 5 nitrogen and oxygen atoms in total. The Labute approximate surface area is 172 Å². The van der Waals surface area contributed by atoms with Gasteiger partial charge in [-0.25, -0.2) is 4.98 Å². The Balaban J connectivity index is 1.57. The summed E-state index contributed by atoms with van der Waals surface area (Å²) in [5.74, 6) is 3.18. The molecule has 7 heteroatoms. The summed E-state index contributed by atoms with van der Waals surface area (Å²) in [6, 6.07) is 12.4. The van der Waals surface area contributed by atoms with Crippen LogP contribution in [0.1, 0.15) is 30.4 Å². The Morgan fingerprint density at radius 2 is 2.04 bits per heavy atom. The molecular formula is C21H22N4OS2. The Kier molecular flexibility index (Phi) is 5.64. The minimum atomic E-state index is 0.693. The van der Waals surface area contributed by atoms with E-state index < -0.39 is 0 Å². The standard InChI is InChI=1S/C21H22N4OS2/c1-4-10-25-19(16-8-5-7-14(2)12-16)23-24-21(25)28-13-17-15(3)26-20(22-17)18-9-6-11-27-18/h5-9,11-12H,4,10,13H2,1-3H3. The molecule has 4 rings (SSSR count). The van der Waals surface area contributed by atoms with E-state index in [1.807, 2.05) is 24.4 Å². The summed E-state index contributed by atoms with van der Waals surface area (Å²) in [5.41, 5.74) is 3.28. The first kappa shape index (κ1) is 19.0. The lowest BCUT2D eigenvalue weighted by Crippen LogP contribution is -2.02. The molecule has 3 heterocycles. The van der Waals surface area contributed by atoms with E-state index in [4.69, 9.17) is 4.42 Å². The maximum atomic E-state index is 5.86. The molecule has 0 fully saturated rings. The summed E-state index contributed by atoms with van der Waals surface area (Å²) in [6.45, 7) is 7.12. The summed E-state index contributed by atoms with van der Waals surface area (Å²) < 4.78 is 8.06. The van der Waals surface area contributed by atoms with Crippen molar-refractivity contribution in [2.24, 2.45) is 0 Å². The molecule has 144 valence electrons. The second-order valence-corrected chi connectivity index (χ2v) is 8.51. The molecule has 0 bridgehead atoms. The summed E-state index contributed by atoms with van der Waals surface area (Å²) in [5, 5.41) is 11.9. The third-order valence-corrected chi connectivity index (χ3v) is 6.24. The van der Waals surface area contributed by atoms with Crippen LogP contribution in [0, 0.1) is 13.8 Å². The quantitative estimate of drug-likeness (QED) is 0.351. The van der Waals surface area contributed by atoms with Gasteiger partial charge in [-0.1, -0.05) is 48.5 Å². The summed E-state index contributed by atoms with van der Waals surface area (Å²) in [7, 11) is 0. The average molecular weight is 411 g/mol. The first-order valence-corrected chi connectivity index (χ1v) is 11.2. The van der Waals surface area contributed by atoms with E-state index in [0.29, 0.717) is 11.6 Å². The smallest absolute Gasteiger partial charge is 0.236 e. The van der Waals surface area contributed by atoms with Crippen LogP contribution in [0.25, 0.3) is 22.2 Å². The van der Waals surface area contributed by atoms with E-state index in [9.17, 15) is 0 Å². The number of oxazole rings is 1. The van der Waals surface area contributed by atoms with Crippen molar-refractivity contribution in [3.8, 4) is 22.2 Å². The maximum absolute atomic E-state index is 5.86. The lowest BCUT2D eigenvalue weighted by atomic mass is 10.1. The number of rotatable bonds is 7. The number of thioether (sulfide) groups is 1. The number of nitrogens with zero attached hydrogens (tertiary/aromatic N) is 4. The van der Waals surface area contributed by atoms with Gasteiger partial charge >= 0.3 is 0 Å². The third-order valence-electron chi connectivity index (χ3n) is 4.40. The molecule has 0 amide bonds. The highest BCUT2D eigenvalue weighted by atomic mass is 32.2. The number of aryl methyl sites for hydroxylation is 2. The fraction of sp³-hybridized carbons (Fsp3) is 0.286. The van der Waals surface area contributed by atoms with E-state index >= 15 is 0 Å². The number of aromatic nitrogens is 4. The van der Waals surface area contributed by atoms with E-state index in [2.05, 4.69) is 57.9 Å². The topological polar surface area (TPSA) is 56.7 Å². The molecule has 1 aromatic carbocycles. The minimum Gasteiger partial charge on any atom is -0.440 e. The number of thiophene rings is 1. The number of hydrogen-bond donors (Lipinski definition) is 0. The van der Waals surface area contributed by atoms with Crippen LogP contribution in [0.2, 0.25) is 0 Å². The molecule has 0 aliphatic rings. The van der Waals surface area contributed by atoms with Crippen LogP contribution in [0.5, 0.6) is 0 Å². The van der Waals surface area contributed by atoms with E-state index in [0.717, 1.165) is 45.8 Å². The summed E-state index contributed by atoms with van der Waals surface area (Å²) in [6.07, 6.45) is 1.02. The molecule has 28 heavy (non-hydrogen) atoms. The highest BCUT2D eigenvalue weighted by molar-refractivity contribution is 7.98. The van der Waals surface area contributed by atoms with Gasteiger partial charge < -0.3 is 8.98 Å². The second-order valence-electron chi connectivity index (χ2n) is 6.62. The molecule has 0 saturated carbocycles. The van der Waals surface area contributed by atoms with Gasteiger partial charge in [-0.2, -0.15) is 0 Å². The normalized spacial score (nSPS) is 11.2. The summed E-state index contributed by atoms with van der Waals surface area (Å²) >= 11 is 3.29. The fourth-order valence-electron chi connectivity index (χ4n) is 3.02. The van der Waals surface area contributed by atoms with Crippen molar-refractivity contribution >= 4 is 23.1 Å². The molecule has 0 aliphatic carbocycles. The lowest BCUT2D eigenvalue weighted by Gasteiger charge is -2.09. The lowest BCUT2D eigenvalue weighted by molar-refractivity contribution is 0.542. The maximum Gasteiger partial charge on any atom is 0.236 e. The van der Waals surface area contributed by atoms with Crippen molar-refractivity contribution in [1.29, 1.82) is 0 Å². The molecular weight excluding hydrogens is 388 g/mol. The van der Waals surface area contributed by atoms with Gasteiger partial charge in [0.1, 0.15) is 5.76 Å². The third kappa shape index (κ3) is 3.91. The Hall–Kier alpha value is -2.38. The highest BCUT2D eigenvalue weighted by Gasteiger charge is 2.17. The zero-order chi connectivity index (χ0) is 19.5. The Morgan fingerprint density at radius 1 is 1.14 bits per heavy atom. The van der Waals surface area contributed by atoms with Crippen molar-refractivity contribution in [3.63, 3.8) is 0 Å². The number of benzene rings is 1. The first-order valence-electron chi connectivity index (χ1n) is 9.29. The molecule has 0 N–H and O–H groups in total. The van der Waals surface area contributed by atoms with Crippen LogP contribution in [-0.2, 0) is 12.3 Å². The van der Waals surface area contributed by atoms with Gasteiger partial charge in [-0.3, -0.25) is 0 Å². The van der Waals surface area contributed by atoms with Gasteiger partial charge in [0, 0.05) is 17.9 Å². The van der Waals surface area contributed by atoms with Gasteiger partial charge in [0.25, 0.3) is 0 Å². The van der Waals surface area contributed by atoms with Crippen LogP contribution < -0.4 is 0 Å². The molecule has 4 aromatic rings. The summed E-state index contributed by atoms with van der Waals surface area (Å²) in [4.78, 5) is 5.74. The van der Waals surface area contributed by atoms with E-state index in [1.54, 1.807) is 23.1 Å². The van der Waals surface area contributed by atoms with Gasteiger partial charge in [0.2, 0.25) is 5.89 Å². The molecule has 0 spiro atoms. The molecule has 3 aromatic heterocycles. The fourth-order valence-corrected chi connectivity index (χ4v) is 4.63. The van der Waals surface area contributed by atoms with Crippen LogP contribution in [0.3, 0.4) is 0 Å². The molecule has 0 radical (unpaired) electrons. The predicted molar refractivity (Wildman–Crippen MR) is 115 cm³/mol. The monoisotopic (exact) mass is 410 g/mol. The van der Waals surface area contributed by atoms with Crippen molar-refractivity contribution in [2.75, 3.05) is 0 Å². The SMILES string of the molecule is CCCn1c(SCc2nc(-c3cccs3)oc2C)nnc1-c1cccc(C)c1. The second kappa shape index (κ2) is 8.32. The van der Waals surface area contributed by atoms with Crippen LogP contribution in [0.15, 0.2) is 51.4 Å². The predicted octanol–water partition coefficient (Wildman–Crippen LogP) is 5.98. The zero-order valence-corrected chi connectivity index (χ0v) is 17.8. The van der Waals surface area contributed by atoms with Crippen molar-refractivity contribution < 1.29 is 4.42 Å². The average Bonchev–Trinajstić information content (AvgIpc) is 3.41. The van der Waals surface area contributed by atoms with Crippen molar-refractivity contribution in [1.82, 2.24) is 19.7 Å². The Bertz CT molecular complexity index is 1070.